The van der Waals surface area contributed by atoms with Crippen LogP contribution in [0.2, 0.25) is 0 Å². The van der Waals surface area contributed by atoms with E-state index in [1.54, 1.807) is 24.3 Å². The van der Waals surface area contributed by atoms with E-state index in [-0.39, 0.29) is 11.8 Å². The Labute approximate surface area is 163 Å². The summed E-state index contributed by atoms with van der Waals surface area (Å²) in [6, 6.07) is 12.7. The molecule has 6 nitrogen and oxygen atoms in total. The number of amides is 2. The summed E-state index contributed by atoms with van der Waals surface area (Å²) in [4.78, 5) is 24.8. The lowest BCUT2D eigenvalue weighted by Crippen LogP contribution is -2.41. The molecule has 0 spiro atoms. The number of aryl methyl sites for hydroxylation is 2. The molecule has 2 heterocycles. The molecule has 0 aliphatic carbocycles. The Morgan fingerprint density at radius 1 is 1.12 bits per heavy atom. The van der Waals surface area contributed by atoms with Crippen LogP contribution < -0.4 is 10.9 Å². The van der Waals surface area contributed by atoms with Crippen LogP contribution in [0.1, 0.15) is 37.0 Å². The highest BCUT2D eigenvalue weighted by Crippen LogP contribution is 2.21. The van der Waals surface area contributed by atoms with Crippen LogP contribution in [0.3, 0.4) is 0 Å². The average molecular weight is 433 g/mol. The molecule has 3 rings (SSSR count). The molecule has 26 heavy (non-hydrogen) atoms. The van der Waals surface area contributed by atoms with Crippen molar-refractivity contribution in [3.05, 3.63) is 73.6 Å². The first-order valence-electron chi connectivity index (χ1n) is 7.88. The number of hydrazine groups is 1. The van der Waals surface area contributed by atoms with Gasteiger partial charge in [-0.3, -0.25) is 25.1 Å². The lowest BCUT2D eigenvalue weighted by Gasteiger charge is -2.09. The van der Waals surface area contributed by atoms with Crippen molar-refractivity contribution in [3.8, 4) is 0 Å². The summed E-state index contributed by atoms with van der Waals surface area (Å²) in [7, 11) is 0. The van der Waals surface area contributed by atoms with Gasteiger partial charge < -0.3 is 0 Å². The number of rotatable bonds is 4. The third kappa shape index (κ3) is 4.39. The minimum Gasteiger partial charge on any atom is -0.267 e. The summed E-state index contributed by atoms with van der Waals surface area (Å²) in [5.74, 6) is -0.725. The van der Waals surface area contributed by atoms with E-state index >= 15 is 0 Å². The molecule has 3 aromatic rings. The Balaban J connectivity index is 1.64. The molecule has 0 aliphatic rings. The van der Waals surface area contributed by atoms with Gasteiger partial charge in [-0.1, -0.05) is 12.1 Å². The van der Waals surface area contributed by atoms with E-state index in [9.17, 15) is 9.59 Å². The van der Waals surface area contributed by atoms with E-state index in [0.29, 0.717) is 17.0 Å². The van der Waals surface area contributed by atoms with Gasteiger partial charge in [-0.25, -0.2) is 0 Å². The molecule has 0 bridgehead atoms. The molecule has 2 amide bonds. The van der Waals surface area contributed by atoms with Gasteiger partial charge in [0.1, 0.15) is 0 Å². The number of hydrogen-bond donors (Lipinski definition) is 2. The number of thiophene rings is 1. The molecule has 0 radical (unpaired) electrons. The van der Waals surface area contributed by atoms with Crippen LogP contribution in [0, 0.1) is 13.8 Å². The summed E-state index contributed by atoms with van der Waals surface area (Å²) in [5.41, 5.74) is 8.31. The number of nitrogens with one attached hydrogen (secondary N) is 2. The first-order chi connectivity index (χ1) is 12.4. The number of carbonyl (C=O) groups excluding carboxylic acids is 2. The van der Waals surface area contributed by atoms with Crippen LogP contribution in [0.25, 0.3) is 0 Å². The predicted molar refractivity (Wildman–Crippen MR) is 104 cm³/mol. The standard InChI is InChI=1S/C18H17BrN4O2S/c1-11-8-12(2)23(22-11)10-13-4-3-5-14(9-13)17(24)20-21-18(25)15-6-7-16(19)26-15/h3-9H,10H2,1-2H3,(H,20,24)(H,21,25). The van der Waals surface area contributed by atoms with Gasteiger partial charge in [-0.15, -0.1) is 11.3 Å². The first-order valence-corrected chi connectivity index (χ1v) is 9.49. The van der Waals surface area contributed by atoms with Gasteiger partial charge in [0.2, 0.25) is 0 Å². The molecule has 0 atom stereocenters. The molecule has 0 fully saturated rings. The van der Waals surface area contributed by atoms with E-state index in [4.69, 9.17) is 0 Å². The number of halogens is 1. The molecule has 2 aromatic heterocycles. The summed E-state index contributed by atoms with van der Waals surface area (Å²) in [6.07, 6.45) is 0. The van der Waals surface area contributed by atoms with E-state index < -0.39 is 0 Å². The Morgan fingerprint density at radius 2 is 1.88 bits per heavy atom. The third-order valence-corrected chi connectivity index (χ3v) is 5.33. The van der Waals surface area contributed by atoms with Gasteiger partial charge in [-0.2, -0.15) is 5.10 Å². The number of carbonyl (C=O) groups is 2. The zero-order valence-corrected chi connectivity index (χ0v) is 16.6. The molecule has 0 saturated heterocycles. The second-order valence-electron chi connectivity index (χ2n) is 5.80. The van der Waals surface area contributed by atoms with Crippen molar-refractivity contribution < 1.29 is 9.59 Å². The number of aromatic nitrogens is 2. The molecular weight excluding hydrogens is 416 g/mol. The fraction of sp³-hybridized carbons (Fsp3) is 0.167. The molecule has 2 N–H and O–H groups in total. The molecule has 134 valence electrons. The van der Waals surface area contributed by atoms with Crippen LogP contribution in [-0.2, 0) is 6.54 Å². The summed E-state index contributed by atoms with van der Waals surface area (Å²) < 4.78 is 2.74. The zero-order valence-electron chi connectivity index (χ0n) is 14.2. The van der Waals surface area contributed by atoms with Crippen molar-refractivity contribution in [2.45, 2.75) is 20.4 Å². The molecule has 0 aliphatic heterocycles. The maximum atomic E-state index is 12.3. The predicted octanol–water partition coefficient (Wildman–Crippen LogP) is 3.45. The fourth-order valence-electron chi connectivity index (χ4n) is 2.50. The molecule has 8 heteroatoms. The average Bonchev–Trinajstić information content (AvgIpc) is 3.18. The quantitative estimate of drug-likeness (QED) is 0.619. The monoisotopic (exact) mass is 432 g/mol. The molecule has 0 saturated carbocycles. The van der Waals surface area contributed by atoms with Crippen LogP contribution in [-0.4, -0.2) is 21.6 Å². The highest BCUT2D eigenvalue weighted by Gasteiger charge is 2.12. The minimum atomic E-state index is -0.371. The maximum absolute atomic E-state index is 12.3. The van der Waals surface area contributed by atoms with E-state index in [2.05, 4.69) is 31.9 Å². The van der Waals surface area contributed by atoms with E-state index in [1.165, 1.54) is 11.3 Å². The van der Waals surface area contributed by atoms with Crippen LogP contribution in [0.4, 0.5) is 0 Å². The number of benzene rings is 1. The maximum Gasteiger partial charge on any atom is 0.279 e. The summed E-state index contributed by atoms with van der Waals surface area (Å²) in [6.45, 7) is 4.52. The van der Waals surface area contributed by atoms with Crippen molar-refractivity contribution in [3.63, 3.8) is 0 Å². The van der Waals surface area contributed by atoms with E-state index in [1.807, 2.05) is 36.7 Å². The van der Waals surface area contributed by atoms with Gasteiger partial charge in [0.15, 0.2) is 0 Å². The summed E-state index contributed by atoms with van der Waals surface area (Å²) >= 11 is 4.60. The Morgan fingerprint density at radius 3 is 2.54 bits per heavy atom. The minimum absolute atomic E-state index is 0.354. The van der Waals surface area contributed by atoms with Crippen molar-refractivity contribution in [1.29, 1.82) is 0 Å². The van der Waals surface area contributed by atoms with Crippen LogP contribution >= 0.6 is 27.3 Å². The normalized spacial score (nSPS) is 10.6. The molecular formula is C18H17BrN4O2S. The Hall–Kier alpha value is -2.45. The van der Waals surface area contributed by atoms with Crippen LogP contribution in [0.5, 0.6) is 0 Å². The van der Waals surface area contributed by atoms with Crippen molar-refractivity contribution in [2.24, 2.45) is 0 Å². The van der Waals surface area contributed by atoms with Crippen molar-refractivity contribution in [1.82, 2.24) is 20.6 Å². The van der Waals surface area contributed by atoms with Crippen molar-refractivity contribution in [2.75, 3.05) is 0 Å². The first kappa shape index (κ1) is 18.3. The lowest BCUT2D eigenvalue weighted by atomic mass is 10.1. The highest BCUT2D eigenvalue weighted by atomic mass is 79.9. The SMILES string of the molecule is Cc1cc(C)n(Cc2cccc(C(=O)NNC(=O)c3ccc(Br)s3)c2)n1. The van der Waals surface area contributed by atoms with Gasteiger partial charge in [0.25, 0.3) is 11.8 Å². The van der Waals surface area contributed by atoms with Gasteiger partial charge in [-0.05, 0) is 65.7 Å². The van der Waals surface area contributed by atoms with Crippen molar-refractivity contribution >= 4 is 39.1 Å². The van der Waals surface area contributed by atoms with E-state index in [0.717, 1.165) is 20.7 Å². The van der Waals surface area contributed by atoms with Gasteiger partial charge in [0, 0.05) is 11.3 Å². The van der Waals surface area contributed by atoms with Gasteiger partial charge >= 0.3 is 0 Å². The number of nitrogens with zero attached hydrogens (tertiary/aromatic N) is 2. The second kappa shape index (κ2) is 7.84. The molecule has 1 aromatic carbocycles. The fourth-order valence-corrected chi connectivity index (χ4v) is 3.78. The smallest absolute Gasteiger partial charge is 0.267 e. The second-order valence-corrected chi connectivity index (χ2v) is 8.26. The van der Waals surface area contributed by atoms with Gasteiger partial charge in [0.05, 0.1) is 20.9 Å². The number of hydrogen-bond acceptors (Lipinski definition) is 4. The third-order valence-electron chi connectivity index (χ3n) is 3.71. The zero-order chi connectivity index (χ0) is 18.7. The van der Waals surface area contributed by atoms with Crippen LogP contribution in [0.15, 0.2) is 46.3 Å². The largest absolute Gasteiger partial charge is 0.279 e. The topological polar surface area (TPSA) is 76.0 Å². The molecule has 0 unspecified atom stereocenters. The Kier molecular flexibility index (Phi) is 5.53. The highest BCUT2D eigenvalue weighted by molar-refractivity contribution is 9.11. The summed E-state index contributed by atoms with van der Waals surface area (Å²) in [5, 5.41) is 4.43. The Bertz CT molecular complexity index is 964. The lowest BCUT2D eigenvalue weighted by molar-refractivity contribution is 0.0849.